The number of nitrogens with two attached hydrogens (primary N) is 1. The lowest BCUT2D eigenvalue weighted by molar-refractivity contribution is -0.118. The number of carbonyl (C=O) groups is 1. The third kappa shape index (κ3) is 3.79. The second kappa shape index (κ2) is 7.39. The molecular formula is C23H21Cl3N2O. The Kier molecular flexibility index (Phi) is 5.18. The van der Waals surface area contributed by atoms with Gasteiger partial charge in [0.1, 0.15) is 5.82 Å². The Bertz CT molecular complexity index is 1050. The van der Waals surface area contributed by atoms with Crippen LogP contribution in [-0.4, -0.2) is 5.78 Å². The van der Waals surface area contributed by atoms with E-state index in [-0.39, 0.29) is 17.1 Å². The van der Waals surface area contributed by atoms with Crippen LogP contribution in [0.4, 0.5) is 5.69 Å². The van der Waals surface area contributed by atoms with Crippen molar-refractivity contribution >= 4 is 46.3 Å². The Balaban J connectivity index is 1.91. The first-order chi connectivity index (χ1) is 13.7. The van der Waals surface area contributed by atoms with Crippen molar-refractivity contribution in [2.75, 3.05) is 4.90 Å². The van der Waals surface area contributed by atoms with Crippen molar-refractivity contribution in [3.63, 3.8) is 0 Å². The van der Waals surface area contributed by atoms with Crippen molar-refractivity contribution in [2.45, 2.75) is 32.6 Å². The summed E-state index contributed by atoms with van der Waals surface area (Å²) in [5, 5.41) is 1.73. The fourth-order valence-electron chi connectivity index (χ4n) is 4.23. The molecule has 1 aliphatic carbocycles. The van der Waals surface area contributed by atoms with Crippen LogP contribution in [-0.2, 0) is 4.79 Å². The minimum atomic E-state index is -0.304. The van der Waals surface area contributed by atoms with Gasteiger partial charge in [0, 0.05) is 44.4 Å². The van der Waals surface area contributed by atoms with Crippen LogP contribution in [0.5, 0.6) is 0 Å². The highest BCUT2D eigenvalue weighted by molar-refractivity contribution is 6.35. The second-order valence-corrected chi connectivity index (χ2v) is 9.63. The molecule has 2 aromatic rings. The summed E-state index contributed by atoms with van der Waals surface area (Å²) < 4.78 is 0. The van der Waals surface area contributed by atoms with E-state index in [0.717, 1.165) is 28.9 Å². The zero-order chi connectivity index (χ0) is 20.9. The Morgan fingerprint density at radius 2 is 1.66 bits per heavy atom. The van der Waals surface area contributed by atoms with Crippen LogP contribution < -0.4 is 10.6 Å². The third-order valence-corrected chi connectivity index (χ3v) is 6.27. The number of Topliss-reactive ketones (excluding diaryl/α,β-unsaturated/α-hetero) is 1. The van der Waals surface area contributed by atoms with E-state index in [1.807, 2.05) is 41.3 Å². The molecule has 0 spiro atoms. The van der Waals surface area contributed by atoms with Gasteiger partial charge in [0.05, 0.1) is 0 Å². The number of halogens is 3. The molecule has 29 heavy (non-hydrogen) atoms. The lowest BCUT2D eigenvalue weighted by Crippen LogP contribution is -2.40. The van der Waals surface area contributed by atoms with E-state index in [0.29, 0.717) is 27.3 Å². The van der Waals surface area contributed by atoms with Gasteiger partial charge < -0.3 is 10.6 Å². The highest BCUT2D eigenvalue weighted by atomic mass is 35.5. The number of anilines is 1. The Labute approximate surface area is 185 Å². The fourth-order valence-corrected chi connectivity index (χ4v) is 4.88. The average Bonchev–Trinajstić information content (AvgIpc) is 2.61. The van der Waals surface area contributed by atoms with Gasteiger partial charge in [-0.15, -0.1) is 0 Å². The second-order valence-electron chi connectivity index (χ2n) is 8.35. The summed E-state index contributed by atoms with van der Waals surface area (Å²) in [6, 6.07) is 12.8. The number of allylic oxidation sites excluding steroid dienone is 3. The van der Waals surface area contributed by atoms with Crippen LogP contribution in [0.2, 0.25) is 15.1 Å². The van der Waals surface area contributed by atoms with Gasteiger partial charge in [-0.1, -0.05) is 54.7 Å². The molecule has 1 aliphatic heterocycles. The third-order valence-electron chi connectivity index (χ3n) is 5.46. The van der Waals surface area contributed by atoms with Crippen LogP contribution in [0.15, 0.2) is 65.6 Å². The van der Waals surface area contributed by atoms with Crippen LogP contribution in [0.3, 0.4) is 0 Å². The number of benzene rings is 2. The maximum absolute atomic E-state index is 13.3. The van der Waals surface area contributed by atoms with Crippen molar-refractivity contribution in [1.82, 2.24) is 0 Å². The number of hydrogen-bond donors (Lipinski definition) is 1. The zero-order valence-corrected chi connectivity index (χ0v) is 18.4. The van der Waals surface area contributed by atoms with Crippen molar-refractivity contribution in [3.8, 4) is 0 Å². The summed E-state index contributed by atoms with van der Waals surface area (Å²) in [4.78, 5) is 15.3. The van der Waals surface area contributed by atoms with Gasteiger partial charge in [-0.05, 0) is 59.9 Å². The molecule has 0 amide bonds. The van der Waals surface area contributed by atoms with E-state index >= 15 is 0 Å². The van der Waals surface area contributed by atoms with Crippen molar-refractivity contribution in [3.05, 3.63) is 86.3 Å². The molecule has 0 saturated heterocycles. The monoisotopic (exact) mass is 446 g/mol. The molecule has 2 aromatic carbocycles. The molecule has 2 N–H and O–H groups in total. The molecule has 1 heterocycles. The SMILES string of the molecule is CC1(C)CC(=O)C2=C(C1)N(c1ccc(Cl)cc1)C(N)=CC2c1ccc(Cl)cc1Cl. The summed E-state index contributed by atoms with van der Waals surface area (Å²) in [6.07, 6.45) is 3.11. The molecule has 4 rings (SSSR count). The molecule has 0 aromatic heterocycles. The highest BCUT2D eigenvalue weighted by Gasteiger charge is 2.41. The van der Waals surface area contributed by atoms with Gasteiger partial charge >= 0.3 is 0 Å². The molecule has 0 radical (unpaired) electrons. The van der Waals surface area contributed by atoms with Gasteiger partial charge in [0.15, 0.2) is 5.78 Å². The quantitative estimate of drug-likeness (QED) is 0.557. The van der Waals surface area contributed by atoms with E-state index in [9.17, 15) is 4.79 Å². The van der Waals surface area contributed by atoms with Crippen molar-refractivity contribution in [2.24, 2.45) is 11.1 Å². The Morgan fingerprint density at radius 3 is 2.31 bits per heavy atom. The van der Waals surface area contributed by atoms with Gasteiger partial charge in [0.2, 0.25) is 0 Å². The van der Waals surface area contributed by atoms with Crippen LogP contribution in [0.1, 0.15) is 38.2 Å². The molecule has 0 fully saturated rings. The zero-order valence-electron chi connectivity index (χ0n) is 16.2. The molecule has 0 saturated carbocycles. The van der Waals surface area contributed by atoms with Gasteiger partial charge in [0.25, 0.3) is 0 Å². The molecule has 2 aliphatic rings. The van der Waals surface area contributed by atoms with E-state index < -0.39 is 0 Å². The van der Waals surface area contributed by atoms with Gasteiger partial charge in [-0.3, -0.25) is 4.79 Å². The van der Waals surface area contributed by atoms with Crippen LogP contribution in [0.25, 0.3) is 0 Å². The molecular weight excluding hydrogens is 427 g/mol. The smallest absolute Gasteiger partial charge is 0.162 e. The number of ketones is 1. The van der Waals surface area contributed by atoms with E-state index in [1.165, 1.54) is 0 Å². The van der Waals surface area contributed by atoms with E-state index in [4.69, 9.17) is 40.5 Å². The molecule has 150 valence electrons. The number of hydrogen-bond acceptors (Lipinski definition) is 3. The van der Waals surface area contributed by atoms with Crippen LogP contribution in [0, 0.1) is 5.41 Å². The summed E-state index contributed by atoms with van der Waals surface area (Å²) in [7, 11) is 0. The Hall–Kier alpha value is -1.94. The minimum absolute atomic E-state index is 0.120. The lowest BCUT2D eigenvalue weighted by Gasteiger charge is -2.43. The molecule has 6 heteroatoms. The molecule has 0 bridgehead atoms. The van der Waals surface area contributed by atoms with E-state index in [1.54, 1.807) is 12.1 Å². The summed E-state index contributed by atoms with van der Waals surface area (Å²) in [5.41, 5.74) is 9.75. The van der Waals surface area contributed by atoms with Gasteiger partial charge in [-0.25, -0.2) is 0 Å². The first-order valence-electron chi connectivity index (χ1n) is 9.40. The normalized spacial score (nSPS) is 21.1. The molecule has 1 unspecified atom stereocenters. The molecule has 1 atom stereocenters. The number of nitrogens with zero attached hydrogens (tertiary/aromatic N) is 1. The van der Waals surface area contributed by atoms with Crippen molar-refractivity contribution < 1.29 is 4.79 Å². The van der Waals surface area contributed by atoms with Crippen LogP contribution >= 0.6 is 34.8 Å². The topological polar surface area (TPSA) is 46.3 Å². The maximum Gasteiger partial charge on any atom is 0.162 e. The summed E-state index contributed by atoms with van der Waals surface area (Å²) in [5.74, 6) is 0.379. The predicted octanol–water partition coefficient (Wildman–Crippen LogP) is 6.69. The minimum Gasteiger partial charge on any atom is -0.385 e. The number of rotatable bonds is 2. The fraction of sp³-hybridized carbons (Fsp3) is 0.261. The first kappa shape index (κ1) is 20.3. The Morgan fingerprint density at radius 1 is 1.00 bits per heavy atom. The highest BCUT2D eigenvalue weighted by Crippen LogP contribution is 2.48. The van der Waals surface area contributed by atoms with E-state index in [2.05, 4.69) is 13.8 Å². The molecule has 3 nitrogen and oxygen atoms in total. The average molecular weight is 448 g/mol. The lowest BCUT2D eigenvalue weighted by atomic mass is 9.70. The first-order valence-corrected chi connectivity index (χ1v) is 10.5. The maximum atomic E-state index is 13.3. The largest absolute Gasteiger partial charge is 0.385 e. The summed E-state index contributed by atoms with van der Waals surface area (Å²) in [6.45, 7) is 4.21. The van der Waals surface area contributed by atoms with Gasteiger partial charge in [-0.2, -0.15) is 0 Å². The number of carbonyl (C=O) groups excluding carboxylic acids is 1. The predicted molar refractivity (Wildman–Crippen MR) is 120 cm³/mol. The standard InChI is InChI=1S/C23H21Cl3N2O/c1-23(2)11-19-22(20(29)12-23)17(16-8-5-14(25)9-18(16)26)10-21(27)28(19)15-6-3-13(24)4-7-15/h3-10,17H,11-12,27H2,1-2H3. The summed E-state index contributed by atoms with van der Waals surface area (Å²) >= 11 is 18.7. The van der Waals surface area contributed by atoms with Crippen molar-refractivity contribution in [1.29, 1.82) is 0 Å².